The van der Waals surface area contributed by atoms with Gasteiger partial charge in [-0.2, -0.15) is 0 Å². The number of hydrogen-bond donors (Lipinski definition) is 2. The van der Waals surface area contributed by atoms with Crippen LogP contribution in [-0.4, -0.2) is 94.5 Å². The number of piperazine rings is 1. The van der Waals surface area contributed by atoms with Crippen molar-refractivity contribution in [2.75, 3.05) is 58.3 Å². The Kier molecular flexibility index (Phi) is 11.6. The number of rotatable bonds is 7. The topological polar surface area (TPSA) is 94.1 Å². The van der Waals surface area contributed by atoms with Gasteiger partial charge < -0.3 is 15.5 Å². The van der Waals surface area contributed by atoms with Gasteiger partial charge in [-0.05, 0) is 13.3 Å². The quantitative estimate of drug-likeness (QED) is 0.291. The summed E-state index contributed by atoms with van der Waals surface area (Å²) in [6.07, 6.45) is 1.80. The van der Waals surface area contributed by atoms with E-state index in [9.17, 15) is 13.2 Å². The van der Waals surface area contributed by atoms with Gasteiger partial charge in [0.05, 0.1) is 5.75 Å². The molecule has 0 saturated carbocycles. The van der Waals surface area contributed by atoms with Crippen molar-refractivity contribution in [1.29, 1.82) is 0 Å². The highest BCUT2D eigenvalue weighted by atomic mass is 127. The molecule has 1 atom stereocenters. The average molecular weight is 489 g/mol. The summed E-state index contributed by atoms with van der Waals surface area (Å²) in [6, 6.07) is 0.0324. The van der Waals surface area contributed by atoms with Gasteiger partial charge in [-0.25, -0.2) is 8.42 Å². The number of guanidine groups is 1. The van der Waals surface area contributed by atoms with Crippen LogP contribution in [0.4, 0.5) is 0 Å². The third-order valence-corrected chi connectivity index (χ3v) is 5.04. The first kappa shape index (κ1) is 24.4. The first-order chi connectivity index (χ1) is 11.2. The fraction of sp³-hybridized carbons (Fsp3) is 0.867. The van der Waals surface area contributed by atoms with E-state index >= 15 is 0 Å². The van der Waals surface area contributed by atoms with Gasteiger partial charge in [-0.3, -0.25) is 14.7 Å². The van der Waals surface area contributed by atoms with Crippen molar-refractivity contribution < 1.29 is 13.2 Å². The molecule has 1 aliphatic heterocycles. The van der Waals surface area contributed by atoms with E-state index in [1.165, 1.54) is 6.26 Å². The van der Waals surface area contributed by atoms with Crippen LogP contribution in [0.1, 0.15) is 20.3 Å². The smallest absolute Gasteiger partial charge is 0.219 e. The molecule has 2 N–H and O–H groups in total. The minimum Gasteiger partial charge on any atom is -0.355 e. The van der Waals surface area contributed by atoms with E-state index in [1.807, 2.05) is 11.8 Å². The molecule has 0 aromatic heterocycles. The molecule has 1 rings (SSSR count). The van der Waals surface area contributed by atoms with Gasteiger partial charge in [0.1, 0.15) is 9.84 Å². The van der Waals surface area contributed by atoms with Gasteiger partial charge in [0.15, 0.2) is 5.96 Å². The first-order valence-corrected chi connectivity index (χ1v) is 10.4. The summed E-state index contributed by atoms with van der Waals surface area (Å²) in [7, 11) is -1.24. The number of nitrogens with zero attached hydrogens (tertiary/aromatic N) is 3. The highest BCUT2D eigenvalue weighted by Gasteiger charge is 2.18. The molecule has 0 radical (unpaired) electrons. The zero-order valence-corrected chi connectivity index (χ0v) is 18.8. The van der Waals surface area contributed by atoms with Gasteiger partial charge in [0.25, 0.3) is 0 Å². The van der Waals surface area contributed by atoms with Crippen LogP contribution >= 0.6 is 24.0 Å². The summed E-state index contributed by atoms with van der Waals surface area (Å²) in [4.78, 5) is 19.6. The molecule has 0 spiro atoms. The molecule has 1 unspecified atom stereocenters. The number of amides is 1. The molecule has 0 aromatic rings. The minimum absolute atomic E-state index is 0. The SMILES string of the molecule is CN=C(NCCN1CCN(C(C)=O)CC1)NC(C)CCS(C)(=O)=O.I. The number of carbonyl (C=O) groups is 1. The van der Waals surface area contributed by atoms with E-state index in [0.29, 0.717) is 12.4 Å². The number of aliphatic imine (C=N–C) groups is 1. The second-order valence-electron chi connectivity index (χ2n) is 6.31. The zero-order valence-electron chi connectivity index (χ0n) is 15.6. The monoisotopic (exact) mass is 489 g/mol. The normalized spacial score (nSPS) is 17.6. The highest BCUT2D eigenvalue weighted by Crippen LogP contribution is 2.01. The van der Waals surface area contributed by atoms with Crippen molar-refractivity contribution in [2.45, 2.75) is 26.3 Å². The predicted octanol–water partition coefficient (Wildman–Crippen LogP) is -0.243. The molecule has 0 bridgehead atoms. The van der Waals surface area contributed by atoms with Gasteiger partial charge in [-0.1, -0.05) is 0 Å². The van der Waals surface area contributed by atoms with Crippen LogP contribution in [0, 0.1) is 0 Å². The van der Waals surface area contributed by atoms with Crippen molar-refractivity contribution in [1.82, 2.24) is 20.4 Å². The molecule has 10 heteroatoms. The van der Waals surface area contributed by atoms with Crippen LogP contribution in [0.3, 0.4) is 0 Å². The summed E-state index contributed by atoms with van der Waals surface area (Å²) in [5, 5.41) is 6.45. The lowest BCUT2D eigenvalue weighted by molar-refractivity contribution is -0.130. The van der Waals surface area contributed by atoms with E-state index < -0.39 is 9.84 Å². The Morgan fingerprint density at radius 1 is 1.24 bits per heavy atom. The van der Waals surface area contributed by atoms with Gasteiger partial charge >= 0.3 is 0 Å². The third-order valence-electron chi connectivity index (χ3n) is 4.07. The molecule has 1 amide bonds. The molecule has 8 nitrogen and oxygen atoms in total. The summed E-state index contributed by atoms with van der Waals surface area (Å²) in [5.74, 6) is 0.984. The van der Waals surface area contributed by atoms with Crippen molar-refractivity contribution in [3.8, 4) is 0 Å². The molecule has 0 aromatic carbocycles. The van der Waals surface area contributed by atoms with Crippen LogP contribution in [0.5, 0.6) is 0 Å². The Balaban J connectivity index is 0.00000576. The van der Waals surface area contributed by atoms with Gasteiger partial charge in [-0.15, -0.1) is 24.0 Å². The first-order valence-electron chi connectivity index (χ1n) is 8.34. The van der Waals surface area contributed by atoms with E-state index in [0.717, 1.165) is 39.3 Å². The maximum Gasteiger partial charge on any atom is 0.219 e. The van der Waals surface area contributed by atoms with Crippen molar-refractivity contribution >= 4 is 45.7 Å². The number of halogens is 1. The molecule has 1 fully saturated rings. The summed E-state index contributed by atoms with van der Waals surface area (Å²) in [5.41, 5.74) is 0. The summed E-state index contributed by atoms with van der Waals surface area (Å²) in [6.45, 7) is 8.52. The number of nitrogens with one attached hydrogen (secondary N) is 2. The van der Waals surface area contributed by atoms with Crippen LogP contribution < -0.4 is 10.6 Å². The molecule has 1 saturated heterocycles. The Bertz CT molecular complexity index is 533. The standard InChI is InChI=1S/C15H31N5O3S.HI/c1-13(5-12-24(4,22)23)18-15(16-3)17-6-7-19-8-10-20(11-9-19)14(2)21;/h13H,5-12H2,1-4H3,(H2,16,17,18);1H. The van der Waals surface area contributed by atoms with Crippen molar-refractivity contribution in [3.05, 3.63) is 0 Å². The van der Waals surface area contributed by atoms with E-state index in [1.54, 1.807) is 14.0 Å². The molecule has 1 aliphatic rings. The van der Waals surface area contributed by atoms with Crippen LogP contribution in [-0.2, 0) is 14.6 Å². The van der Waals surface area contributed by atoms with Crippen molar-refractivity contribution in [2.24, 2.45) is 4.99 Å². The Hall–Kier alpha value is -0.620. The van der Waals surface area contributed by atoms with Crippen molar-refractivity contribution in [3.63, 3.8) is 0 Å². The van der Waals surface area contributed by atoms with E-state index in [-0.39, 0.29) is 41.7 Å². The van der Waals surface area contributed by atoms with Gasteiger partial charge in [0, 0.05) is 65.5 Å². The van der Waals surface area contributed by atoms with Gasteiger partial charge in [0.2, 0.25) is 5.91 Å². The molecule has 148 valence electrons. The maximum absolute atomic E-state index is 11.3. The number of hydrogen-bond acceptors (Lipinski definition) is 5. The molecule has 25 heavy (non-hydrogen) atoms. The maximum atomic E-state index is 11.3. The molecule has 0 aliphatic carbocycles. The number of carbonyl (C=O) groups excluding carboxylic acids is 1. The van der Waals surface area contributed by atoms with Crippen LogP contribution in [0.2, 0.25) is 0 Å². The Morgan fingerprint density at radius 2 is 1.84 bits per heavy atom. The lowest BCUT2D eigenvalue weighted by Gasteiger charge is -2.34. The second-order valence-corrected chi connectivity index (χ2v) is 8.57. The van der Waals surface area contributed by atoms with E-state index in [4.69, 9.17) is 0 Å². The Morgan fingerprint density at radius 3 is 2.32 bits per heavy atom. The highest BCUT2D eigenvalue weighted by molar-refractivity contribution is 14.0. The lowest BCUT2D eigenvalue weighted by Crippen LogP contribution is -2.50. The molecular formula is C15H32IN5O3S. The Labute approximate surface area is 168 Å². The average Bonchev–Trinajstić information content (AvgIpc) is 2.51. The molecule has 1 heterocycles. The number of sulfone groups is 1. The largest absolute Gasteiger partial charge is 0.355 e. The van der Waals surface area contributed by atoms with Crippen LogP contribution in [0.15, 0.2) is 4.99 Å². The lowest BCUT2D eigenvalue weighted by atomic mass is 10.3. The molecular weight excluding hydrogens is 457 g/mol. The summed E-state index contributed by atoms with van der Waals surface area (Å²) < 4.78 is 22.4. The van der Waals surface area contributed by atoms with E-state index in [2.05, 4.69) is 20.5 Å². The fourth-order valence-corrected chi connectivity index (χ4v) is 3.29. The summed E-state index contributed by atoms with van der Waals surface area (Å²) >= 11 is 0. The predicted molar refractivity (Wildman–Crippen MR) is 112 cm³/mol. The second kappa shape index (κ2) is 11.9. The third kappa shape index (κ3) is 10.9. The van der Waals surface area contributed by atoms with Crippen LogP contribution in [0.25, 0.3) is 0 Å². The fourth-order valence-electron chi connectivity index (χ4n) is 2.51. The zero-order chi connectivity index (χ0) is 18.2. The minimum atomic E-state index is -2.94.